The minimum atomic E-state index is -0.855. The molecular formula is C26H23FN4O3. The SMILES string of the molecule is C[C@@H](NC(=O)c1nn(-c2ccccc2F)c(=O)n([C@@H](C)c2ccccc2)c1=O)c1ccccc1. The van der Waals surface area contributed by atoms with E-state index >= 15 is 0 Å². The molecular weight excluding hydrogens is 435 g/mol. The van der Waals surface area contributed by atoms with Crippen LogP contribution in [0.5, 0.6) is 0 Å². The predicted molar refractivity (Wildman–Crippen MR) is 127 cm³/mol. The first-order valence-electron chi connectivity index (χ1n) is 10.8. The monoisotopic (exact) mass is 458 g/mol. The quantitative estimate of drug-likeness (QED) is 0.478. The van der Waals surface area contributed by atoms with Crippen LogP contribution in [0.15, 0.2) is 94.5 Å². The number of hydrogen-bond acceptors (Lipinski definition) is 4. The molecule has 3 aromatic carbocycles. The number of carbonyl (C=O) groups excluding carboxylic acids is 1. The van der Waals surface area contributed by atoms with Crippen molar-refractivity contribution < 1.29 is 9.18 Å². The van der Waals surface area contributed by atoms with Crippen molar-refractivity contribution in [3.63, 3.8) is 0 Å². The van der Waals surface area contributed by atoms with Gasteiger partial charge in [0.15, 0.2) is 0 Å². The maximum Gasteiger partial charge on any atom is 0.352 e. The fraction of sp³-hybridized carbons (Fsp3) is 0.154. The maximum absolute atomic E-state index is 14.6. The first-order valence-corrected chi connectivity index (χ1v) is 10.8. The summed E-state index contributed by atoms with van der Waals surface area (Å²) >= 11 is 0. The standard InChI is InChI=1S/C26H23FN4O3/c1-17(19-11-5-3-6-12-19)28-24(32)23-25(33)30(18(2)20-13-7-4-8-14-20)26(34)31(29-23)22-16-10-9-15-21(22)27/h3-18H,1-2H3,(H,28,32)/t17-,18+/m1/s1. The van der Waals surface area contributed by atoms with E-state index in [0.29, 0.717) is 5.56 Å². The topological polar surface area (TPSA) is 86.0 Å². The minimum Gasteiger partial charge on any atom is -0.344 e. The van der Waals surface area contributed by atoms with E-state index in [0.717, 1.165) is 14.8 Å². The molecule has 34 heavy (non-hydrogen) atoms. The Morgan fingerprint density at radius 3 is 2.03 bits per heavy atom. The zero-order valence-electron chi connectivity index (χ0n) is 18.7. The van der Waals surface area contributed by atoms with Crippen LogP contribution in [0.3, 0.4) is 0 Å². The summed E-state index contributed by atoms with van der Waals surface area (Å²) in [6.07, 6.45) is 0. The smallest absolute Gasteiger partial charge is 0.344 e. The number of aromatic nitrogens is 3. The first-order chi connectivity index (χ1) is 16.4. The van der Waals surface area contributed by atoms with Crippen LogP contribution in [0.1, 0.15) is 47.5 Å². The molecule has 1 aromatic heterocycles. The van der Waals surface area contributed by atoms with Gasteiger partial charge < -0.3 is 5.32 Å². The second kappa shape index (κ2) is 9.66. The van der Waals surface area contributed by atoms with Gasteiger partial charge in [-0.25, -0.2) is 13.8 Å². The Kier molecular flexibility index (Phi) is 6.49. The van der Waals surface area contributed by atoms with Crippen molar-refractivity contribution in [3.8, 4) is 5.69 Å². The fourth-order valence-electron chi connectivity index (χ4n) is 3.72. The van der Waals surface area contributed by atoms with Crippen LogP contribution in [0, 0.1) is 5.82 Å². The Morgan fingerprint density at radius 2 is 1.41 bits per heavy atom. The molecule has 1 N–H and O–H groups in total. The van der Waals surface area contributed by atoms with Gasteiger partial charge in [-0.05, 0) is 37.1 Å². The lowest BCUT2D eigenvalue weighted by atomic mass is 10.1. The lowest BCUT2D eigenvalue weighted by Crippen LogP contribution is -2.47. The number of hydrogen-bond donors (Lipinski definition) is 1. The highest BCUT2D eigenvalue weighted by atomic mass is 19.1. The first kappa shape index (κ1) is 22.8. The molecule has 2 atom stereocenters. The van der Waals surface area contributed by atoms with Gasteiger partial charge in [0, 0.05) is 0 Å². The molecule has 0 spiro atoms. The van der Waals surface area contributed by atoms with Gasteiger partial charge >= 0.3 is 5.69 Å². The van der Waals surface area contributed by atoms with E-state index in [1.165, 1.54) is 18.2 Å². The molecule has 0 aliphatic carbocycles. The highest BCUT2D eigenvalue weighted by Crippen LogP contribution is 2.16. The third kappa shape index (κ3) is 4.43. The van der Waals surface area contributed by atoms with Crippen molar-refractivity contribution >= 4 is 5.91 Å². The van der Waals surface area contributed by atoms with Gasteiger partial charge in [0.05, 0.1) is 12.1 Å². The number of para-hydroxylation sites is 1. The van der Waals surface area contributed by atoms with Crippen molar-refractivity contribution in [3.05, 3.63) is 128 Å². The third-order valence-corrected chi connectivity index (χ3v) is 5.62. The largest absolute Gasteiger partial charge is 0.352 e. The van der Waals surface area contributed by atoms with Gasteiger partial charge in [0.25, 0.3) is 11.5 Å². The van der Waals surface area contributed by atoms with E-state index in [2.05, 4.69) is 10.4 Å². The van der Waals surface area contributed by atoms with Gasteiger partial charge in [-0.15, -0.1) is 0 Å². The summed E-state index contributed by atoms with van der Waals surface area (Å²) < 4.78 is 16.3. The van der Waals surface area contributed by atoms with Gasteiger partial charge in [-0.2, -0.15) is 9.78 Å². The van der Waals surface area contributed by atoms with Crippen LogP contribution < -0.4 is 16.6 Å². The molecule has 1 heterocycles. The summed E-state index contributed by atoms with van der Waals surface area (Å²) in [5.41, 5.74) is -0.862. The van der Waals surface area contributed by atoms with Gasteiger partial charge in [-0.1, -0.05) is 72.8 Å². The molecule has 1 amide bonds. The molecule has 0 saturated carbocycles. The van der Waals surface area contributed by atoms with E-state index in [9.17, 15) is 18.8 Å². The summed E-state index contributed by atoms with van der Waals surface area (Å²) in [6, 6.07) is 22.5. The Hall–Kier alpha value is -4.33. The Labute approximate surface area is 195 Å². The molecule has 8 heteroatoms. The van der Waals surface area contributed by atoms with Crippen molar-refractivity contribution in [1.29, 1.82) is 0 Å². The van der Waals surface area contributed by atoms with Gasteiger partial charge in [0.2, 0.25) is 5.69 Å². The minimum absolute atomic E-state index is 0.160. The summed E-state index contributed by atoms with van der Waals surface area (Å²) in [5.74, 6) is -1.47. The third-order valence-electron chi connectivity index (χ3n) is 5.62. The van der Waals surface area contributed by atoms with E-state index in [-0.39, 0.29) is 5.69 Å². The van der Waals surface area contributed by atoms with E-state index in [1.807, 2.05) is 36.4 Å². The second-order valence-corrected chi connectivity index (χ2v) is 7.86. The lowest BCUT2D eigenvalue weighted by Gasteiger charge is -2.19. The van der Waals surface area contributed by atoms with Crippen molar-refractivity contribution in [2.45, 2.75) is 25.9 Å². The number of rotatable bonds is 6. The Bertz CT molecular complexity index is 1430. The molecule has 0 radical (unpaired) electrons. The fourth-order valence-corrected chi connectivity index (χ4v) is 3.72. The van der Waals surface area contributed by atoms with E-state index in [4.69, 9.17) is 0 Å². The molecule has 172 valence electrons. The molecule has 0 fully saturated rings. The molecule has 0 aliphatic heterocycles. The molecule has 0 aliphatic rings. The number of carbonyl (C=O) groups is 1. The molecule has 4 rings (SSSR count). The summed E-state index contributed by atoms with van der Waals surface area (Å²) in [6.45, 7) is 3.43. The molecule has 0 unspecified atom stereocenters. The van der Waals surface area contributed by atoms with Crippen molar-refractivity contribution in [1.82, 2.24) is 19.7 Å². The molecule has 4 aromatic rings. The van der Waals surface area contributed by atoms with Crippen LogP contribution in [0.4, 0.5) is 4.39 Å². The summed E-state index contributed by atoms with van der Waals surface area (Å²) in [7, 11) is 0. The summed E-state index contributed by atoms with van der Waals surface area (Å²) in [4.78, 5) is 39.9. The molecule has 7 nitrogen and oxygen atoms in total. The predicted octanol–water partition coefficient (Wildman–Crippen LogP) is 3.63. The van der Waals surface area contributed by atoms with Crippen LogP contribution in [-0.4, -0.2) is 20.3 Å². The zero-order valence-corrected chi connectivity index (χ0v) is 18.7. The maximum atomic E-state index is 14.6. The Balaban J connectivity index is 1.87. The number of halogens is 1. The van der Waals surface area contributed by atoms with Crippen molar-refractivity contribution in [2.24, 2.45) is 0 Å². The van der Waals surface area contributed by atoms with Gasteiger partial charge in [-0.3, -0.25) is 9.59 Å². The van der Waals surface area contributed by atoms with E-state index in [1.54, 1.807) is 44.2 Å². The van der Waals surface area contributed by atoms with Crippen LogP contribution >= 0.6 is 0 Å². The highest BCUT2D eigenvalue weighted by Gasteiger charge is 2.25. The Morgan fingerprint density at radius 1 is 0.853 bits per heavy atom. The van der Waals surface area contributed by atoms with Crippen LogP contribution in [0.25, 0.3) is 5.69 Å². The molecule has 0 saturated heterocycles. The number of amides is 1. The number of nitrogens with zero attached hydrogens (tertiary/aromatic N) is 3. The normalized spacial score (nSPS) is 12.7. The average Bonchev–Trinajstić information content (AvgIpc) is 2.85. The van der Waals surface area contributed by atoms with Crippen LogP contribution in [0.2, 0.25) is 0 Å². The highest BCUT2D eigenvalue weighted by molar-refractivity contribution is 5.92. The summed E-state index contributed by atoms with van der Waals surface area (Å²) in [5, 5.41) is 6.75. The second-order valence-electron chi connectivity index (χ2n) is 7.86. The number of nitrogens with one attached hydrogen (secondary N) is 1. The molecule has 0 bridgehead atoms. The average molecular weight is 458 g/mol. The van der Waals surface area contributed by atoms with E-state index < -0.39 is 40.8 Å². The van der Waals surface area contributed by atoms with Crippen LogP contribution in [-0.2, 0) is 0 Å². The zero-order chi connectivity index (χ0) is 24.2. The van der Waals surface area contributed by atoms with Crippen molar-refractivity contribution in [2.75, 3.05) is 0 Å². The van der Waals surface area contributed by atoms with Gasteiger partial charge in [0.1, 0.15) is 11.5 Å². The lowest BCUT2D eigenvalue weighted by molar-refractivity contribution is 0.0929. The number of benzene rings is 3.